The van der Waals surface area contributed by atoms with Crippen molar-refractivity contribution in [3.05, 3.63) is 171 Å². The van der Waals surface area contributed by atoms with Crippen molar-refractivity contribution in [1.29, 1.82) is 0 Å². The summed E-state index contributed by atoms with van der Waals surface area (Å²) in [6.45, 7) is 42.0. The molecule has 0 bridgehead atoms. The van der Waals surface area contributed by atoms with Gasteiger partial charge in [-0.05, 0) is 212 Å². The lowest BCUT2D eigenvalue weighted by molar-refractivity contribution is 0.195. The third-order valence-electron chi connectivity index (χ3n) is 22.6. The minimum atomic E-state index is -0.131. The maximum atomic E-state index is 2.84. The average Bonchev–Trinajstić information content (AvgIpc) is 4.02. The molecule has 404 valence electrons. The number of anilines is 8. The second-order valence-electron chi connectivity index (χ2n) is 30.7. The van der Waals surface area contributed by atoms with E-state index in [0.29, 0.717) is 0 Å². The van der Waals surface area contributed by atoms with Gasteiger partial charge in [-0.25, -0.2) is 0 Å². The second-order valence-corrected chi connectivity index (χ2v) is 30.7. The Bertz CT molecular complexity index is 3800. The molecule has 1 saturated carbocycles. The summed E-state index contributed by atoms with van der Waals surface area (Å²) in [5, 5.41) is 0. The lowest BCUT2D eigenvalue weighted by Crippen LogP contribution is -2.62. The lowest BCUT2D eigenvalue weighted by atomic mass is 9.33. The summed E-state index contributed by atoms with van der Waals surface area (Å²) < 4.78 is 0. The molecule has 7 aromatic carbocycles. The summed E-state index contributed by atoms with van der Waals surface area (Å²) in [6, 6.07) is 47.6. The Labute approximate surface area is 475 Å². The van der Waals surface area contributed by atoms with Crippen molar-refractivity contribution in [2.45, 2.75) is 213 Å². The van der Waals surface area contributed by atoms with Gasteiger partial charge >= 0.3 is 0 Å². The molecule has 3 aliphatic heterocycles. The minimum absolute atomic E-state index is 0.00725. The van der Waals surface area contributed by atoms with E-state index in [1.807, 2.05) is 0 Å². The molecule has 4 aliphatic carbocycles. The van der Waals surface area contributed by atoms with Crippen LogP contribution in [0.15, 0.2) is 115 Å². The highest BCUT2D eigenvalue weighted by Gasteiger charge is 2.58. The van der Waals surface area contributed by atoms with Crippen molar-refractivity contribution in [1.82, 2.24) is 0 Å². The molecule has 2 unspecified atom stereocenters. The Hall–Kier alpha value is -6.00. The van der Waals surface area contributed by atoms with Crippen LogP contribution in [0.3, 0.4) is 0 Å². The Morgan fingerprint density at radius 1 is 0.430 bits per heavy atom. The van der Waals surface area contributed by atoms with E-state index in [2.05, 4.69) is 248 Å². The fourth-order valence-corrected chi connectivity index (χ4v) is 17.3. The van der Waals surface area contributed by atoms with Gasteiger partial charge in [0.25, 0.3) is 6.71 Å². The van der Waals surface area contributed by atoms with Crippen LogP contribution in [0.25, 0.3) is 11.1 Å². The van der Waals surface area contributed by atoms with Crippen LogP contribution in [0.5, 0.6) is 0 Å². The molecule has 0 aromatic heterocycles. The van der Waals surface area contributed by atoms with Crippen molar-refractivity contribution in [2.24, 2.45) is 0 Å². The van der Waals surface area contributed by atoms with Gasteiger partial charge in [-0.2, -0.15) is 0 Å². The van der Waals surface area contributed by atoms with Gasteiger partial charge in [0.05, 0.1) is 11.2 Å². The van der Waals surface area contributed by atoms with Crippen LogP contribution >= 0.6 is 0 Å². The van der Waals surface area contributed by atoms with Crippen LogP contribution < -0.4 is 31.1 Å². The number of benzene rings is 7. The zero-order valence-electron chi connectivity index (χ0n) is 51.0. The van der Waals surface area contributed by atoms with Gasteiger partial charge in [-0.1, -0.05) is 177 Å². The molecule has 2 atom stereocenters. The summed E-state index contributed by atoms with van der Waals surface area (Å²) in [5.74, 6) is 0. The zero-order valence-corrected chi connectivity index (χ0v) is 51.0. The molecule has 7 aliphatic rings. The van der Waals surface area contributed by atoms with Crippen molar-refractivity contribution >= 4 is 68.6 Å². The van der Waals surface area contributed by atoms with Gasteiger partial charge in [0.2, 0.25) is 0 Å². The van der Waals surface area contributed by atoms with E-state index < -0.39 is 0 Å². The highest BCUT2D eigenvalue weighted by molar-refractivity contribution is 7.00. The molecule has 14 rings (SSSR count). The van der Waals surface area contributed by atoms with E-state index >= 15 is 0 Å². The van der Waals surface area contributed by atoms with Gasteiger partial charge in [0.15, 0.2) is 0 Å². The Kier molecular flexibility index (Phi) is 10.5. The first-order chi connectivity index (χ1) is 37.1. The third-order valence-corrected chi connectivity index (χ3v) is 22.6. The molecule has 1 fully saturated rings. The Morgan fingerprint density at radius 3 is 1.66 bits per heavy atom. The summed E-state index contributed by atoms with van der Waals surface area (Å²) in [6.07, 6.45) is 9.59. The minimum Gasteiger partial charge on any atom is -0.334 e. The van der Waals surface area contributed by atoms with E-state index in [1.54, 1.807) is 0 Å². The van der Waals surface area contributed by atoms with Crippen LogP contribution in [0.1, 0.15) is 211 Å². The smallest absolute Gasteiger partial charge is 0.252 e. The van der Waals surface area contributed by atoms with Gasteiger partial charge in [0, 0.05) is 56.2 Å². The molecule has 79 heavy (non-hydrogen) atoms. The maximum absolute atomic E-state index is 2.84. The average molecular weight is 1040 g/mol. The summed E-state index contributed by atoms with van der Waals surface area (Å²) in [7, 11) is 0. The van der Waals surface area contributed by atoms with Gasteiger partial charge in [-0.15, -0.1) is 0 Å². The molecule has 0 spiro atoms. The first kappa shape index (κ1) is 51.2. The van der Waals surface area contributed by atoms with Crippen molar-refractivity contribution in [3.63, 3.8) is 0 Å². The molecule has 3 heterocycles. The normalized spacial score (nSPS) is 23.6. The molecule has 0 radical (unpaired) electrons. The van der Waals surface area contributed by atoms with Crippen LogP contribution in [0.4, 0.5) is 45.5 Å². The fourth-order valence-electron chi connectivity index (χ4n) is 17.3. The fraction of sp³-hybridized carbons (Fsp3) is 0.440. The molecule has 0 N–H and O–H groups in total. The highest BCUT2D eigenvalue weighted by atomic mass is 15.3. The highest BCUT2D eigenvalue weighted by Crippen LogP contribution is 2.63. The third kappa shape index (κ3) is 6.85. The van der Waals surface area contributed by atoms with Crippen LogP contribution in [0.2, 0.25) is 0 Å². The summed E-state index contributed by atoms with van der Waals surface area (Å²) in [5.41, 5.74) is 32.1. The molecule has 4 heteroatoms. The number of rotatable bonds is 3. The predicted molar refractivity (Wildman–Crippen MR) is 340 cm³/mol. The van der Waals surface area contributed by atoms with E-state index in [9.17, 15) is 0 Å². The predicted octanol–water partition coefficient (Wildman–Crippen LogP) is 18.4. The Morgan fingerprint density at radius 2 is 1.00 bits per heavy atom. The summed E-state index contributed by atoms with van der Waals surface area (Å²) in [4.78, 5) is 8.37. The van der Waals surface area contributed by atoms with Gasteiger partial charge in [-0.3, -0.25) is 0 Å². The van der Waals surface area contributed by atoms with E-state index in [1.165, 1.54) is 174 Å². The van der Waals surface area contributed by atoms with E-state index in [0.717, 1.165) is 6.42 Å². The number of hydrogen-bond acceptors (Lipinski definition) is 3. The molecular weight excluding hydrogens is 954 g/mol. The largest absolute Gasteiger partial charge is 0.334 e. The van der Waals surface area contributed by atoms with Gasteiger partial charge in [0.1, 0.15) is 0 Å². The quantitative estimate of drug-likeness (QED) is 0.163. The van der Waals surface area contributed by atoms with E-state index in [-0.39, 0.29) is 50.2 Å². The van der Waals surface area contributed by atoms with Crippen LogP contribution in [-0.4, -0.2) is 12.3 Å². The SMILES string of the molecule is Cc1cc2c3c(c1)N(c1cccc4c1-c1ccccc1C4(C)C)c1cc4c(cc1B3c1ccc(N3c5ccc(C(C)(C)C)cc5C5(C)CCCCC35C)cc1N2c1cc2c(cc1C)C(C)(C)CCC2(C)C)C(C)(C)CCC4(C)C. The monoisotopic (exact) mass is 1040 g/mol. The first-order valence-electron chi connectivity index (χ1n) is 30.5. The number of hydrogen-bond donors (Lipinski definition) is 0. The van der Waals surface area contributed by atoms with Crippen LogP contribution in [-0.2, 0) is 37.9 Å². The number of fused-ring (bicyclic) bond motifs is 12. The topological polar surface area (TPSA) is 9.72 Å². The van der Waals surface area contributed by atoms with Crippen molar-refractivity contribution in [2.75, 3.05) is 14.7 Å². The zero-order chi connectivity index (χ0) is 55.7. The Balaban J connectivity index is 1.09. The molecule has 3 nitrogen and oxygen atoms in total. The van der Waals surface area contributed by atoms with Gasteiger partial charge < -0.3 is 14.7 Å². The first-order valence-corrected chi connectivity index (χ1v) is 30.5. The number of nitrogens with zero attached hydrogens (tertiary/aromatic N) is 3. The van der Waals surface area contributed by atoms with Crippen molar-refractivity contribution in [3.8, 4) is 11.1 Å². The maximum Gasteiger partial charge on any atom is 0.252 e. The van der Waals surface area contributed by atoms with Crippen LogP contribution in [0, 0.1) is 13.8 Å². The molecule has 7 aromatic rings. The summed E-state index contributed by atoms with van der Waals surface area (Å²) >= 11 is 0. The molecule has 0 saturated heterocycles. The molecule has 0 amide bonds. The lowest BCUT2D eigenvalue weighted by Gasteiger charge is -2.51. The van der Waals surface area contributed by atoms with Crippen molar-refractivity contribution < 1.29 is 0 Å². The molecular formula is C75H86BN3. The number of aryl methyl sites for hydroxylation is 2. The second kappa shape index (κ2) is 16.1. The van der Waals surface area contributed by atoms with E-state index in [4.69, 9.17) is 0 Å². The standard InChI is InChI=1S/C75H86BN3/c1-45-37-64-67-65(38-45)78(61-43-54-52(39-46(61)2)69(6,7)33-35-71(54,10)11)62-41-48(79-59-30-27-47(68(3,4)5)40-56(59)74(16)31-20-21-32-75(74,79)17)28-29-57(62)76(67)58-42-53-55(72(12,13)36-34-70(53,8)9)44-63(58)77(64)60-26-22-25-51-66(60)49-23-18-19-24-50(49)73(51,14)15/h18-19,22-30,37-44H,20-21,31-36H2,1-17H3.